The third-order valence-electron chi connectivity index (χ3n) is 2.89. The van der Waals surface area contributed by atoms with Crippen LogP contribution < -0.4 is 4.72 Å². The molecule has 0 spiro atoms. The van der Waals surface area contributed by atoms with E-state index in [-0.39, 0.29) is 16.0 Å². The Morgan fingerprint density at radius 1 is 1.10 bits per heavy atom. The molecule has 7 heteroatoms. The van der Waals surface area contributed by atoms with E-state index in [0.717, 1.165) is 10.0 Å². The van der Waals surface area contributed by atoms with Crippen LogP contribution in [-0.2, 0) is 10.0 Å². The largest absolute Gasteiger partial charge is 0.242 e. The second-order valence-electron chi connectivity index (χ2n) is 4.47. The summed E-state index contributed by atoms with van der Waals surface area (Å²) in [6.45, 7) is 1.77. The highest BCUT2D eigenvalue weighted by molar-refractivity contribution is 9.10. The Hall–Kier alpha value is -0.590. The summed E-state index contributed by atoms with van der Waals surface area (Å²) >= 11 is 15.1. The van der Waals surface area contributed by atoms with Gasteiger partial charge in [-0.05, 0) is 42.8 Å². The SMILES string of the molecule is CC(NS(=O)(=O)c1ccc(Cl)cc1Cl)c1ccc(Br)cc1. The quantitative estimate of drug-likeness (QED) is 0.789. The van der Waals surface area contributed by atoms with Crippen LogP contribution in [0.5, 0.6) is 0 Å². The highest BCUT2D eigenvalue weighted by Crippen LogP contribution is 2.26. The van der Waals surface area contributed by atoms with Crippen molar-refractivity contribution in [3.63, 3.8) is 0 Å². The lowest BCUT2D eigenvalue weighted by atomic mass is 10.1. The van der Waals surface area contributed by atoms with E-state index < -0.39 is 10.0 Å². The maximum atomic E-state index is 12.4. The van der Waals surface area contributed by atoms with Crippen molar-refractivity contribution >= 4 is 49.2 Å². The molecule has 0 amide bonds. The van der Waals surface area contributed by atoms with E-state index in [1.165, 1.54) is 18.2 Å². The molecule has 1 N–H and O–H groups in total. The molecule has 0 heterocycles. The molecule has 0 saturated carbocycles. The molecule has 0 bridgehead atoms. The van der Waals surface area contributed by atoms with Gasteiger partial charge in [0.1, 0.15) is 4.90 Å². The Morgan fingerprint density at radius 3 is 2.29 bits per heavy atom. The van der Waals surface area contributed by atoms with Crippen molar-refractivity contribution in [1.82, 2.24) is 4.72 Å². The van der Waals surface area contributed by atoms with Gasteiger partial charge in [0, 0.05) is 15.5 Å². The van der Waals surface area contributed by atoms with E-state index in [1.807, 2.05) is 24.3 Å². The Bertz CT molecular complexity index is 748. The first-order chi connectivity index (χ1) is 9.79. The normalized spacial score (nSPS) is 13.1. The number of hydrogen-bond donors (Lipinski definition) is 1. The van der Waals surface area contributed by atoms with Gasteiger partial charge in [-0.2, -0.15) is 0 Å². The summed E-state index contributed by atoms with van der Waals surface area (Å²) in [4.78, 5) is 0.0116. The van der Waals surface area contributed by atoms with E-state index >= 15 is 0 Å². The van der Waals surface area contributed by atoms with Gasteiger partial charge in [0.05, 0.1) is 5.02 Å². The summed E-state index contributed by atoms with van der Waals surface area (Å²) in [5.41, 5.74) is 0.854. The molecule has 1 unspecified atom stereocenters. The van der Waals surface area contributed by atoms with Gasteiger partial charge in [-0.25, -0.2) is 13.1 Å². The zero-order chi connectivity index (χ0) is 15.6. The fourth-order valence-corrected chi connectivity index (χ4v) is 4.08. The van der Waals surface area contributed by atoms with Gasteiger partial charge in [0.2, 0.25) is 10.0 Å². The van der Waals surface area contributed by atoms with Crippen molar-refractivity contribution in [2.45, 2.75) is 17.9 Å². The van der Waals surface area contributed by atoms with Crippen molar-refractivity contribution < 1.29 is 8.42 Å². The lowest BCUT2D eigenvalue weighted by Gasteiger charge is -2.15. The Kier molecular flexibility index (Phi) is 5.33. The van der Waals surface area contributed by atoms with Crippen molar-refractivity contribution in [3.8, 4) is 0 Å². The molecular formula is C14H12BrCl2NO2S. The minimum absolute atomic E-state index is 0.0116. The zero-order valence-electron chi connectivity index (χ0n) is 11.0. The molecule has 2 aromatic carbocycles. The average Bonchev–Trinajstić information content (AvgIpc) is 2.38. The smallest absolute Gasteiger partial charge is 0.207 e. The van der Waals surface area contributed by atoms with Gasteiger partial charge in [-0.15, -0.1) is 0 Å². The summed E-state index contributed by atoms with van der Waals surface area (Å²) in [6, 6.07) is 11.3. The second kappa shape index (κ2) is 6.67. The highest BCUT2D eigenvalue weighted by atomic mass is 79.9. The van der Waals surface area contributed by atoms with Gasteiger partial charge in [-0.1, -0.05) is 51.3 Å². The average molecular weight is 409 g/mol. The maximum absolute atomic E-state index is 12.4. The predicted octanol–water partition coefficient (Wildman–Crippen LogP) is 4.80. The third-order valence-corrected chi connectivity index (χ3v) is 5.67. The lowest BCUT2D eigenvalue weighted by Crippen LogP contribution is -2.27. The molecule has 0 aliphatic carbocycles. The third kappa shape index (κ3) is 4.20. The van der Waals surface area contributed by atoms with Crippen LogP contribution in [0.1, 0.15) is 18.5 Å². The van der Waals surface area contributed by atoms with Gasteiger partial charge in [0.25, 0.3) is 0 Å². The molecule has 0 aromatic heterocycles. The first-order valence-corrected chi connectivity index (χ1v) is 9.05. The van der Waals surface area contributed by atoms with Crippen LogP contribution in [0.4, 0.5) is 0 Å². The number of nitrogens with one attached hydrogen (secondary N) is 1. The molecule has 21 heavy (non-hydrogen) atoms. The van der Waals surface area contributed by atoms with Crippen LogP contribution in [-0.4, -0.2) is 8.42 Å². The predicted molar refractivity (Wildman–Crippen MR) is 89.3 cm³/mol. The molecule has 2 rings (SSSR count). The van der Waals surface area contributed by atoms with Crippen LogP contribution in [0.25, 0.3) is 0 Å². The number of sulfonamides is 1. The van der Waals surface area contributed by atoms with Crippen molar-refractivity contribution in [1.29, 1.82) is 0 Å². The van der Waals surface area contributed by atoms with Gasteiger partial charge >= 0.3 is 0 Å². The molecule has 0 radical (unpaired) electrons. The first-order valence-electron chi connectivity index (χ1n) is 6.02. The number of halogens is 3. The topological polar surface area (TPSA) is 46.2 Å². The highest BCUT2D eigenvalue weighted by Gasteiger charge is 2.21. The van der Waals surface area contributed by atoms with Gasteiger partial charge in [0.15, 0.2) is 0 Å². The van der Waals surface area contributed by atoms with E-state index in [2.05, 4.69) is 20.7 Å². The Morgan fingerprint density at radius 2 is 1.71 bits per heavy atom. The van der Waals surface area contributed by atoms with E-state index in [1.54, 1.807) is 6.92 Å². The molecule has 0 saturated heterocycles. The molecule has 2 aromatic rings. The van der Waals surface area contributed by atoms with Crippen molar-refractivity contribution in [2.75, 3.05) is 0 Å². The van der Waals surface area contributed by atoms with Crippen LogP contribution in [0, 0.1) is 0 Å². The van der Waals surface area contributed by atoms with Crippen LogP contribution in [0.2, 0.25) is 10.0 Å². The van der Waals surface area contributed by atoms with Crippen molar-refractivity contribution in [3.05, 3.63) is 62.5 Å². The van der Waals surface area contributed by atoms with Crippen LogP contribution in [0.15, 0.2) is 51.8 Å². The van der Waals surface area contributed by atoms with E-state index in [9.17, 15) is 8.42 Å². The second-order valence-corrected chi connectivity index (χ2v) is 7.91. The summed E-state index contributed by atoms with van der Waals surface area (Å²) < 4.78 is 28.3. The van der Waals surface area contributed by atoms with Gasteiger partial charge < -0.3 is 0 Å². The molecule has 1 atom stereocenters. The Labute approximate surface area is 142 Å². The summed E-state index contributed by atoms with van der Waals surface area (Å²) in [6.07, 6.45) is 0. The van der Waals surface area contributed by atoms with Gasteiger partial charge in [-0.3, -0.25) is 0 Å². The summed E-state index contributed by atoms with van der Waals surface area (Å²) in [7, 11) is -3.72. The first kappa shape index (κ1) is 16.8. The zero-order valence-corrected chi connectivity index (χ0v) is 14.9. The standard InChI is InChI=1S/C14H12BrCl2NO2S/c1-9(10-2-4-11(15)5-3-10)18-21(19,20)14-7-6-12(16)8-13(14)17/h2-9,18H,1H3. The fourth-order valence-electron chi connectivity index (χ4n) is 1.81. The maximum Gasteiger partial charge on any atom is 0.242 e. The lowest BCUT2D eigenvalue weighted by molar-refractivity contribution is 0.567. The summed E-state index contributed by atoms with van der Waals surface area (Å²) in [5.74, 6) is 0. The molecule has 0 aliphatic heterocycles. The minimum Gasteiger partial charge on any atom is -0.207 e. The fraction of sp³-hybridized carbons (Fsp3) is 0.143. The Balaban J connectivity index is 2.26. The molecule has 0 fully saturated rings. The molecule has 112 valence electrons. The molecule has 0 aliphatic rings. The van der Waals surface area contributed by atoms with Crippen molar-refractivity contribution in [2.24, 2.45) is 0 Å². The number of hydrogen-bond acceptors (Lipinski definition) is 2. The van der Waals surface area contributed by atoms with Crippen LogP contribution >= 0.6 is 39.1 Å². The number of rotatable bonds is 4. The van der Waals surface area contributed by atoms with E-state index in [4.69, 9.17) is 23.2 Å². The monoisotopic (exact) mass is 407 g/mol. The summed E-state index contributed by atoms with van der Waals surface area (Å²) in [5, 5.41) is 0.484. The molecule has 3 nitrogen and oxygen atoms in total. The minimum atomic E-state index is -3.72. The number of benzene rings is 2. The molecular weight excluding hydrogens is 397 g/mol. The van der Waals surface area contributed by atoms with E-state index in [0.29, 0.717) is 5.02 Å². The van der Waals surface area contributed by atoms with Crippen LogP contribution in [0.3, 0.4) is 0 Å².